The van der Waals surface area contributed by atoms with Crippen LogP contribution < -0.4 is 10.3 Å². The quantitative estimate of drug-likeness (QED) is 0.261. The Morgan fingerprint density at radius 1 is 1.00 bits per heavy atom. The van der Waals surface area contributed by atoms with Gasteiger partial charge in [0.1, 0.15) is 6.61 Å². The fourth-order valence-corrected chi connectivity index (χ4v) is 6.16. The van der Waals surface area contributed by atoms with Crippen LogP contribution in [0.1, 0.15) is 33.8 Å². The molecule has 1 radical (unpaired) electrons. The fraction of sp³-hybridized carbons (Fsp3) is 0.387. The molecule has 1 unspecified atom stereocenters. The number of carbonyl (C=O) groups is 2. The topological polar surface area (TPSA) is 85.4 Å². The molecule has 9 heteroatoms. The van der Waals surface area contributed by atoms with E-state index < -0.39 is 6.09 Å². The Balaban J connectivity index is 1.15. The van der Waals surface area contributed by atoms with Gasteiger partial charge in [0, 0.05) is 49.7 Å². The molecule has 3 heterocycles. The molecule has 2 fully saturated rings. The van der Waals surface area contributed by atoms with Crippen molar-refractivity contribution in [2.75, 3.05) is 50.9 Å². The Kier molecular flexibility index (Phi) is 9.96. The fourth-order valence-electron chi connectivity index (χ4n) is 5.17. The van der Waals surface area contributed by atoms with Crippen molar-refractivity contribution in [2.24, 2.45) is 0 Å². The van der Waals surface area contributed by atoms with Gasteiger partial charge in [-0.05, 0) is 49.4 Å². The first-order valence-corrected chi connectivity index (χ1v) is 14.8. The predicted octanol–water partition coefficient (Wildman–Crippen LogP) is 4.61. The van der Waals surface area contributed by atoms with Crippen LogP contribution in [0.2, 0.25) is 0 Å². The zero-order valence-electron chi connectivity index (χ0n) is 22.7. The number of nitrogens with zero attached hydrogens (tertiary/aromatic N) is 3. The van der Waals surface area contributed by atoms with Crippen LogP contribution in [0, 0.1) is 6.42 Å². The van der Waals surface area contributed by atoms with Gasteiger partial charge in [-0.3, -0.25) is 9.69 Å². The third kappa shape index (κ3) is 7.35. The van der Waals surface area contributed by atoms with E-state index in [0.717, 1.165) is 67.1 Å². The summed E-state index contributed by atoms with van der Waals surface area (Å²) in [6, 6.07) is 21.8. The molecule has 2 aliphatic rings. The van der Waals surface area contributed by atoms with Crippen LogP contribution in [0.5, 0.6) is 0 Å². The number of ether oxygens (including phenoxy) is 1. The van der Waals surface area contributed by atoms with E-state index in [0.29, 0.717) is 18.0 Å². The number of piperidine rings is 1. The van der Waals surface area contributed by atoms with Crippen LogP contribution in [0.25, 0.3) is 11.1 Å². The summed E-state index contributed by atoms with van der Waals surface area (Å²) in [4.78, 5) is 30.2. The van der Waals surface area contributed by atoms with Gasteiger partial charge in [0.15, 0.2) is 5.78 Å². The number of amides is 1. The van der Waals surface area contributed by atoms with E-state index in [-0.39, 0.29) is 25.0 Å². The normalized spacial score (nSPS) is 18.1. The Morgan fingerprint density at radius 3 is 2.55 bits per heavy atom. The number of carbonyl (C=O) groups excluding carboxylic acids is 2. The molecule has 2 saturated heterocycles. The lowest BCUT2D eigenvalue weighted by atomic mass is 10.0. The van der Waals surface area contributed by atoms with E-state index in [2.05, 4.69) is 21.6 Å². The number of β-amino-alcohol motifs (C(OH)–C–C–N with tert-alkyl or cyclic N) is 1. The van der Waals surface area contributed by atoms with Crippen molar-refractivity contribution >= 4 is 28.9 Å². The lowest BCUT2D eigenvalue weighted by molar-refractivity contribution is 0.0990. The molecule has 3 aromatic rings. The molecule has 211 valence electrons. The van der Waals surface area contributed by atoms with Crippen LogP contribution in [0.4, 0.5) is 10.5 Å². The minimum absolute atomic E-state index is 0.0204. The van der Waals surface area contributed by atoms with Crippen molar-refractivity contribution in [1.29, 1.82) is 0 Å². The molecule has 0 aliphatic carbocycles. The van der Waals surface area contributed by atoms with Crippen molar-refractivity contribution in [3.8, 4) is 11.1 Å². The first-order valence-electron chi connectivity index (χ1n) is 14.0. The highest BCUT2D eigenvalue weighted by atomic mass is 32.1. The van der Waals surface area contributed by atoms with Gasteiger partial charge in [0.25, 0.3) is 0 Å². The lowest BCUT2D eigenvalue weighted by Gasteiger charge is -2.37. The molecule has 5 rings (SSSR count). The second kappa shape index (κ2) is 14.0. The minimum Gasteiger partial charge on any atom is -0.447 e. The largest absolute Gasteiger partial charge is 0.447 e. The van der Waals surface area contributed by atoms with E-state index in [9.17, 15) is 14.7 Å². The molecule has 0 spiro atoms. The number of Topliss-reactive ketones (excluding diaryl/α,β-unsaturated/α-hetero) is 1. The average molecular weight is 562 g/mol. The number of thiophene rings is 1. The van der Waals surface area contributed by atoms with Crippen LogP contribution in [0.3, 0.4) is 0 Å². The van der Waals surface area contributed by atoms with Gasteiger partial charge in [0.05, 0.1) is 23.2 Å². The SMILES string of the molecule is O=C(CNCCOC(=O)N(c1ccccc1-c1ccccc1)N1CC[CH]CC1)c1ccc(CN2CCC(O)C2)s1. The molecule has 2 N–H and O–H groups in total. The Labute approximate surface area is 240 Å². The molecule has 2 aromatic carbocycles. The van der Waals surface area contributed by atoms with Gasteiger partial charge in [-0.25, -0.2) is 14.8 Å². The van der Waals surface area contributed by atoms with Gasteiger partial charge in [-0.2, -0.15) is 0 Å². The van der Waals surface area contributed by atoms with Gasteiger partial charge < -0.3 is 15.2 Å². The van der Waals surface area contributed by atoms with Crippen LogP contribution in [0.15, 0.2) is 66.7 Å². The van der Waals surface area contributed by atoms with Crippen molar-refractivity contribution in [3.63, 3.8) is 0 Å². The van der Waals surface area contributed by atoms with E-state index in [1.54, 1.807) is 5.01 Å². The summed E-state index contributed by atoms with van der Waals surface area (Å²) >= 11 is 1.50. The second-order valence-electron chi connectivity index (χ2n) is 10.2. The first kappa shape index (κ1) is 28.4. The molecule has 1 aromatic heterocycles. The monoisotopic (exact) mass is 561 g/mol. The molecular weight excluding hydrogens is 524 g/mol. The van der Waals surface area contributed by atoms with Crippen molar-refractivity contribution in [1.82, 2.24) is 15.2 Å². The highest BCUT2D eigenvalue weighted by molar-refractivity contribution is 7.14. The molecule has 0 bridgehead atoms. The van der Waals surface area contributed by atoms with Crippen LogP contribution in [-0.2, 0) is 11.3 Å². The van der Waals surface area contributed by atoms with Gasteiger partial charge in [-0.1, -0.05) is 48.5 Å². The summed E-state index contributed by atoms with van der Waals surface area (Å²) in [5, 5.41) is 16.6. The predicted molar refractivity (Wildman–Crippen MR) is 158 cm³/mol. The highest BCUT2D eigenvalue weighted by Gasteiger charge is 2.28. The Bertz CT molecular complexity index is 1260. The maximum Gasteiger partial charge on any atom is 0.429 e. The molecule has 8 nitrogen and oxygen atoms in total. The minimum atomic E-state index is -0.423. The summed E-state index contributed by atoms with van der Waals surface area (Å²) in [5.74, 6) is 0.0204. The summed E-state index contributed by atoms with van der Waals surface area (Å²) in [6.07, 6.45) is 4.20. The van der Waals surface area contributed by atoms with Gasteiger partial charge in [0.2, 0.25) is 0 Å². The number of hydrazine groups is 1. The molecule has 1 amide bonds. The number of ketones is 1. The number of anilines is 1. The first-order chi connectivity index (χ1) is 19.6. The summed E-state index contributed by atoms with van der Waals surface area (Å²) < 4.78 is 5.72. The molecule has 0 saturated carbocycles. The summed E-state index contributed by atoms with van der Waals surface area (Å²) in [7, 11) is 0. The van der Waals surface area contributed by atoms with E-state index in [1.807, 2.05) is 66.7 Å². The standard InChI is InChI=1S/C31H37N4O4S/c36-25-15-19-33(22-25)23-26-13-14-30(40-26)29(37)21-32-16-20-39-31(38)35(34-17-7-2-8-18-34)28-12-6-5-11-27(28)24-9-3-1-4-10-24/h1-6,9-14,25,32,36H,7-8,15-23H2. The molecule has 1 atom stereocenters. The zero-order valence-corrected chi connectivity index (χ0v) is 23.5. The third-order valence-electron chi connectivity index (χ3n) is 7.21. The second-order valence-corrected chi connectivity index (χ2v) is 11.3. The number of hydrogen-bond donors (Lipinski definition) is 2. The molecule has 2 aliphatic heterocycles. The number of hydrogen-bond acceptors (Lipinski definition) is 8. The Morgan fingerprint density at radius 2 is 1.77 bits per heavy atom. The van der Waals surface area contributed by atoms with Crippen molar-refractivity contribution < 1.29 is 19.4 Å². The number of likely N-dealkylation sites (tertiary alicyclic amines) is 1. The Hall–Kier alpha value is -3.08. The maximum atomic E-state index is 13.4. The smallest absolute Gasteiger partial charge is 0.429 e. The van der Waals surface area contributed by atoms with Crippen molar-refractivity contribution in [2.45, 2.75) is 31.9 Å². The van der Waals surface area contributed by atoms with Crippen LogP contribution in [-0.4, -0.2) is 78.9 Å². The van der Waals surface area contributed by atoms with E-state index >= 15 is 0 Å². The van der Waals surface area contributed by atoms with Crippen LogP contribution >= 0.6 is 11.3 Å². The van der Waals surface area contributed by atoms with Gasteiger partial charge >= 0.3 is 6.09 Å². The number of aliphatic hydroxyl groups is 1. The highest BCUT2D eigenvalue weighted by Crippen LogP contribution is 2.33. The number of para-hydroxylation sites is 1. The summed E-state index contributed by atoms with van der Waals surface area (Å²) in [6.45, 7) is 4.53. The molecular formula is C31H37N4O4S. The zero-order chi connectivity index (χ0) is 27.7. The third-order valence-corrected chi connectivity index (χ3v) is 8.32. The average Bonchev–Trinajstić information content (AvgIpc) is 3.63. The number of nitrogens with one attached hydrogen (secondary N) is 1. The van der Waals surface area contributed by atoms with E-state index in [1.165, 1.54) is 11.3 Å². The van der Waals surface area contributed by atoms with Crippen molar-refractivity contribution in [3.05, 3.63) is 82.9 Å². The number of benzene rings is 2. The number of aliphatic hydroxyl groups excluding tert-OH is 1. The molecule has 40 heavy (non-hydrogen) atoms. The van der Waals surface area contributed by atoms with E-state index in [4.69, 9.17) is 4.74 Å². The lowest BCUT2D eigenvalue weighted by Crippen LogP contribution is -2.50. The van der Waals surface area contributed by atoms with Gasteiger partial charge in [-0.15, -0.1) is 11.3 Å². The summed E-state index contributed by atoms with van der Waals surface area (Å²) in [5.41, 5.74) is 2.80. The number of rotatable bonds is 11. The maximum absolute atomic E-state index is 13.4.